The zero-order valence-electron chi connectivity index (χ0n) is 12.5. The summed E-state index contributed by atoms with van der Waals surface area (Å²) in [5, 5.41) is 6.47. The van der Waals surface area contributed by atoms with Gasteiger partial charge in [0.2, 0.25) is 0 Å². The van der Waals surface area contributed by atoms with Gasteiger partial charge in [-0.15, -0.1) is 0 Å². The third-order valence-electron chi connectivity index (χ3n) is 3.33. The Labute approximate surface area is 120 Å². The van der Waals surface area contributed by atoms with Crippen molar-refractivity contribution < 1.29 is 9.53 Å². The lowest BCUT2D eigenvalue weighted by atomic mass is 9.94. The number of hydrogen-bond donors (Lipinski definition) is 2. The van der Waals surface area contributed by atoms with Crippen LogP contribution in [0.5, 0.6) is 0 Å². The van der Waals surface area contributed by atoms with Crippen molar-refractivity contribution >= 4 is 6.09 Å². The molecule has 1 fully saturated rings. The molecule has 20 heavy (non-hydrogen) atoms. The van der Waals surface area contributed by atoms with Gasteiger partial charge in [0.05, 0.1) is 0 Å². The molecule has 1 aliphatic heterocycles. The van der Waals surface area contributed by atoms with Gasteiger partial charge in [-0.2, -0.15) is 0 Å². The first-order valence-corrected chi connectivity index (χ1v) is 7.22. The molecule has 0 spiro atoms. The molecule has 2 N–H and O–H groups in total. The number of benzene rings is 1. The average Bonchev–Trinajstić information content (AvgIpc) is 2.38. The van der Waals surface area contributed by atoms with Gasteiger partial charge in [-0.1, -0.05) is 30.3 Å². The van der Waals surface area contributed by atoms with Gasteiger partial charge < -0.3 is 15.4 Å². The molecular formula is C16H24N2O2. The van der Waals surface area contributed by atoms with Crippen LogP contribution in [0.3, 0.4) is 0 Å². The Hall–Kier alpha value is -1.55. The SMILES string of the molecule is CC(C)(C)OC(=O)NC1CCN[C@H](c2ccccc2)C1. The Morgan fingerprint density at radius 2 is 2.00 bits per heavy atom. The van der Waals surface area contributed by atoms with Crippen molar-refractivity contribution in [1.29, 1.82) is 0 Å². The van der Waals surface area contributed by atoms with Crippen molar-refractivity contribution in [3.63, 3.8) is 0 Å². The van der Waals surface area contributed by atoms with Gasteiger partial charge in [-0.05, 0) is 45.7 Å². The van der Waals surface area contributed by atoms with Crippen LogP contribution < -0.4 is 10.6 Å². The topological polar surface area (TPSA) is 50.4 Å². The standard InChI is InChI=1S/C16H24N2O2/c1-16(2,3)20-15(19)18-13-9-10-17-14(11-13)12-7-5-4-6-8-12/h4-8,13-14,17H,9-11H2,1-3H3,(H,18,19)/t13?,14-/m0/s1. The predicted molar refractivity (Wildman–Crippen MR) is 79.6 cm³/mol. The van der Waals surface area contributed by atoms with Crippen molar-refractivity contribution in [2.75, 3.05) is 6.54 Å². The summed E-state index contributed by atoms with van der Waals surface area (Å²) in [6.45, 7) is 6.53. The molecule has 0 aliphatic carbocycles. The summed E-state index contributed by atoms with van der Waals surface area (Å²) in [4.78, 5) is 11.8. The van der Waals surface area contributed by atoms with Gasteiger partial charge in [-0.25, -0.2) is 4.79 Å². The first kappa shape index (κ1) is 14.9. The van der Waals surface area contributed by atoms with Crippen LogP contribution in [0.4, 0.5) is 4.79 Å². The minimum Gasteiger partial charge on any atom is -0.444 e. The van der Waals surface area contributed by atoms with Crippen LogP contribution in [-0.4, -0.2) is 24.3 Å². The zero-order chi connectivity index (χ0) is 14.6. The molecule has 1 heterocycles. The first-order chi connectivity index (χ1) is 9.44. The Kier molecular flexibility index (Phi) is 4.65. The van der Waals surface area contributed by atoms with E-state index in [9.17, 15) is 4.79 Å². The molecule has 1 aliphatic rings. The summed E-state index contributed by atoms with van der Waals surface area (Å²) in [5.41, 5.74) is 0.818. The van der Waals surface area contributed by atoms with Crippen molar-refractivity contribution in [2.24, 2.45) is 0 Å². The molecule has 1 unspecified atom stereocenters. The molecule has 1 saturated heterocycles. The largest absolute Gasteiger partial charge is 0.444 e. The summed E-state index contributed by atoms with van der Waals surface area (Å²) in [7, 11) is 0. The van der Waals surface area contributed by atoms with Crippen LogP contribution in [0.2, 0.25) is 0 Å². The van der Waals surface area contributed by atoms with Crippen LogP contribution in [0.15, 0.2) is 30.3 Å². The number of alkyl carbamates (subject to hydrolysis) is 1. The fraction of sp³-hybridized carbons (Fsp3) is 0.562. The van der Waals surface area contributed by atoms with E-state index in [0.29, 0.717) is 6.04 Å². The highest BCUT2D eigenvalue weighted by Crippen LogP contribution is 2.23. The van der Waals surface area contributed by atoms with Crippen molar-refractivity contribution in [2.45, 2.75) is 51.3 Å². The maximum absolute atomic E-state index is 11.8. The Morgan fingerprint density at radius 3 is 2.65 bits per heavy atom. The third-order valence-corrected chi connectivity index (χ3v) is 3.33. The smallest absolute Gasteiger partial charge is 0.407 e. The predicted octanol–water partition coefficient (Wildman–Crippen LogP) is 3.00. The molecule has 4 nitrogen and oxygen atoms in total. The highest BCUT2D eigenvalue weighted by Gasteiger charge is 2.25. The van der Waals surface area contributed by atoms with E-state index in [1.54, 1.807) is 0 Å². The second kappa shape index (κ2) is 6.27. The molecule has 0 saturated carbocycles. The Morgan fingerprint density at radius 1 is 1.30 bits per heavy atom. The second-order valence-electron chi connectivity index (χ2n) is 6.28. The van der Waals surface area contributed by atoms with E-state index in [2.05, 4.69) is 22.8 Å². The van der Waals surface area contributed by atoms with E-state index in [1.165, 1.54) is 5.56 Å². The summed E-state index contributed by atoms with van der Waals surface area (Å²) >= 11 is 0. The Balaban J connectivity index is 1.89. The lowest BCUT2D eigenvalue weighted by Gasteiger charge is -2.31. The third kappa shape index (κ3) is 4.53. The highest BCUT2D eigenvalue weighted by molar-refractivity contribution is 5.68. The van der Waals surface area contributed by atoms with Crippen LogP contribution in [0.1, 0.15) is 45.2 Å². The molecule has 110 valence electrons. The van der Waals surface area contributed by atoms with Gasteiger partial charge in [0.1, 0.15) is 5.60 Å². The summed E-state index contributed by atoms with van der Waals surface area (Å²) in [6.07, 6.45) is 1.50. The van der Waals surface area contributed by atoms with Gasteiger partial charge in [0.15, 0.2) is 0 Å². The van der Waals surface area contributed by atoms with Crippen molar-refractivity contribution in [3.8, 4) is 0 Å². The van der Waals surface area contributed by atoms with Crippen LogP contribution >= 0.6 is 0 Å². The minimum atomic E-state index is -0.449. The van der Waals surface area contributed by atoms with Gasteiger partial charge in [0.25, 0.3) is 0 Å². The molecule has 0 bridgehead atoms. The summed E-state index contributed by atoms with van der Waals surface area (Å²) in [5.74, 6) is 0. The van der Waals surface area contributed by atoms with Crippen molar-refractivity contribution in [3.05, 3.63) is 35.9 Å². The highest BCUT2D eigenvalue weighted by atomic mass is 16.6. The maximum Gasteiger partial charge on any atom is 0.407 e. The molecule has 1 amide bonds. The van der Waals surface area contributed by atoms with E-state index in [-0.39, 0.29) is 12.1 Å². The van der Waals surface area contributed by atoms with Gasteiger partial charge >= 0.3 is 6.09 Å². The molecule has 1 aromatic carbocycles. The molecule has 2 rings (SSSR count). The van der Waals surface area contributed by atoms with E-state index in [0.717, 1.165) is 19.4 Å². The average molecular weight is 276 g/mol. The number of hydrogen-bond acceptors (Lipinski definition) is 3. The zero-order valence-corrected chi connectivity index (χ0v) is 12.5. The monoisotopic (exact) mass is 276 g/mol. The quantitative estimate of drug-likeness (QED) is 0.873. The van der Waals surface area contributed by atoms with E-state index < -0.39 is 5.60 Å². The lowest BCUT2D eigenvalue weighted by Crippen LogP contribution is -2.45. The molecule has 2 atom stereocenters. The number of ether oxygens (including phenoxy) is 1. The van der Waals surface area contributed by atoms with Crippen molar-refractivity contribution in [1.82, 2.24) is 10.6 Å². The number of carbonyl (C=O) groups is 1. The molecule has 0 radical (unpaired) electrons. The van der Waals surface area contributed by atoms with Crippen LogP contribution in [0.25, 0.3) is 0 Å². The number of nitrogens with one attached hydrogen (secondary N) is 2. The summed E-state index contributed by atoms with van der Waals surface area (Å²) < 4.78 is 5.31. The second-order valence-corrected chi connectivity index (χ2v) is 6.28. The van der Waals surface area contributed by atoms with Gasteiger partial charge in [-0.3, -0.25) is 0 Å². The van der Waals surface area contributed by atoms with Gasteiger partial charge in [0, 0.05) is 12.1 Å². The van der Waals surface area contributed by atoms with Crippen LogP contribution in [-0.2, 0) is 4.74 Å². The number of amides is 1. The fourth-order valence-electron chi connectivity index (χ4n) is 2.46. The fourth-order valence-corrected chi connectivity index (χ4v) is 2.46. The number of carbonyl (C=O) groups excluding carboxylic acids is 1. The molecule has 1 aromatic rings. The molecule has 4 heteroatoms. The minimum absolute atomic E-state index is 0.163. The van der Waals surface area contributed by atoms with E-state index in [4.69, 9.17) is 4.74 Å². The lowest BCUT2D eigenvalue weighted by molar-refractivity contribution is 0.0490. The number of rotatable bonds is 2. The molecule has 0 aromatic heterocycles. The van der Waals surface area contributed by atoms with E-state index in [1.807, 2.05) is 39.0 Å². The maximum atomic E-state index is 11.8. The van der Waals surface area contributed by atoms with Crippen LogP contribution in [0, 0.1) is 0 Å². The van der Waals surface area contributed by atoms with E-state index >= 15 is 0 Å². The Bertz CT molecular complexity index is 440. The first-order valence-electron chi connectivity index (χ1n) is 7.22. The number of piperidine rings is 1. The molecular weight excluding hydrogens is 252 g/mol. The normalized spacial score (nSPS) is 23.1. The summed E-state index contributed by atoms with van der Waals surface area (Å²) in [6, 6.07) is 10.8.